The standard InChI is InChI=1S/C9H8INOS/c1-12-8-6(10)3-2-5-7(11)4-13-9(5)8/h2-4H,11H2,1H3. The number of fused-ring (bicyclic) bond motifs is 1. The number of methoxy groups -OCH3 is 1. The Hall–Kier alpha value is -0.490. The molecule has 2 aromatic rings. The van der Waals surface area contributed by atoms with E-state index in [4.69, 9.17) is 10.5 Å². The number of benzene rings is 1. The number of nitrogens with two attached hydrogens (primary N) is 1. The molecule has 0 aliphatic rings. The van der Waals surface area contributed by atoms with Crippen LogP contribution in [0.1, 0.15) is 0 Å². The van der Waals surface area contributed by atoms with Gasteiger partial charge in [-0.15, -0.1) is 11.3 Å². The van der Waals surface area contributed by atoms with Gasteiger partial charge in [0.05, 0.1) is 21.1 Å². The Morgan fingerprint density at radius 1 is 1.46 bits per heavy atom. The Morgan fingerprint density at radius 3 is 2.92 bits per heavy atom. The van der Waals surface area contributed by atoms with Crippen LogP contribution in [0.4, 0.5) is 5.69 Å². The number of rotatable bonds is 1. The van der Waals surface area contributed by atoms with Crippen molar-refractivity contribution in [3.05, 3.63) is 21.1 Å². The van der Waals surface area contributed by atoms with E-state index in [2.05, 4.69) is 22.6 Å². The Morgan fingerprint density at radius 2 is 2.23 bits per heavy atom. The molecular weight excluding hydrogens is 297 g/mol. The lowest BCUT2D eigenvalue weighted by atomic mass is 10.2. The van der Waals surface area contributed by atoms with Crippen LogP contribution in [0.15, 0.2) is 17.5 Å². The van der Waals surface area contributed by atoms with Crippen LogP contribution in [0.25, 0.3) is 10.1 Å². The van der Waals surface area contributed by atoms with Crippen LogP contribution in [-0.4, -0.2) is 7.11 Å². The average molecular weight is 305 g/mol. The first kappa shape index (κ1) is 9.08. The molecule has 0 fully saturated rings. The van der Waals surface area contributed by atoms with Gasteiger partial charge in [0, 0.05) is 10.8 Å². The van der Waals surface area contributed by atoms with Gasteiger partial charge in [-0.05, 0) is 28.7 Å². The maximum atomic E-state index is 5.80. The van der Waals surface area contributed by atoms with Gasteiger partial charge in [0.15, 0.2) is 0 Å². The van der Waals surface area contributed by atoms with Gasteiger partial charge in [-0.3, -0.25) is 0 Å². The fraction of sp³-hybridized carbons (Fsp3) is 0.111. The molecule has 4 heteroatoms. The number of anilines is 1. The molecule has 1 aromatic carbocycles. The fourth-order valence-electron chi connectivity index (χ4n) is 1.26. The second-order valence-corrected chi connectivity index (χ2v) is 4.69. The van der Waals surface area contributed by atoms with Crippen molar-refractivity contribution in [1.29, 1.82) is 0 Å². The van der Waals surface area contributed by atoms with E-state index in [1.807, 2.05) is 17.5 Å². The highest BCUT2D eigenvalue weighted by molar-refractivity contribution is 14.1. The molecule has 0 saturated heterocycles. The summed E-state index contributed by atoms with van der Waals surface area (Å²) in [6.45, 7) is 0. The highest BCUT2D eigenvalue weighted by atomic mass is 127. The maximum absolute atomic E-state index is 5.80. The minimum absolute atomic E-state index is 0.828. The first-order valence-corrected chi connectivity index (χ1v) is 5.69. The second-order valence-electron chi connectivity index (χ2n) is 2.65. The van der Waals surface area contributed by atoms with E-state index in [0.29, 0.717) is 0 Å². The topological polar surface area (TPSA) is 35.2 Å². The highest BCUT2D eigenvalue weighted by Crippen LogP contribution is 2.37. The predicted octanol–water partition coefficient (Wildman–Crippen LogP) is 3.10. The summed E-state index contributed by atoms with van der Waals surface area (Å²) in [4.78, 5) is 0. The molecule has 2 rings (SSSR count). The molecule has 0 unspecified atom stereocenters. The van der Waals surface area contributed by atoms with Gasteiger partial charge in [0.2, 0.25) is 0 Å². The van der Waals surface area contributed by atoms with Crippen molar-refractivity contribution in [1.82, 2.24) is 0 Å². The SMILES string of the molecule is COc1c(I)ccc2c(N)csc12. The third-order valence-corrected chi connectivity index (χ3v) is 3.75. The zero-order valence-corrected chi connectivity index (χ0v) is 9.98. The van der Waals surface area contributed by atoms with Crippen LogP contribution in [0.2, 0.25) is 0 Å². The lowest BCUT2D eigenvalue weighted by Gasteiger charge is -2.03. The summed E-state index contributed by atoms with van der Waals surface area (Å²) in [5.41, 5.74) is 6.63. The van der Waals surface area contributed by atoms with Crippen LogP contribution in [0, 0.1) is 3.57 Å². The summed E-state index contributed by atoms with van der Waals surface area (Å²) in [7, 11) is 1.69. The Kier molecular flexibility index (Phi) is 2.33. The zero-order valence-electron chi connectivity index (χ0n) is 7.00. The van der Waals surface area contributed by atoms with Crippen LogP contribution in [-0.2, 0) is 0 Å². The van der Waals surface area contributed by atoms with Gasteiger partial charge >= 0.3 is 0 Å². The van der Waals surface area contributed by atoms with Crippen LogP contribution >= 0.6 is 33.9 Å². The van der Waals surface area contributed by atoms with Gasteiger partial charge < -0.3 is 10.5 Å². The number of hydrogen-bond acceptors (Lipinski definition) is 3. The van der Waals surface area contributed by atoms with E-state index in [0.717, 1.165) is 25.1 Å². The van der Waals surface area contributed by atoms with E-state index in [1.54, 1.807) is 18.4 Å². The Bertz CT molecular complexity index is 452. The monoisotopic (exact) mass is 305 g/mol. The molecule has 0 radical (unpaired) electrons. The van der Waals surface area contributed by atoms with Gasteiger partial charge in [-0.2, -0.15) is 0 Å². The lowest BCUT2D eigenvalue weighted by Crippen LogP contribution is -1.87. The van der Waals surface area contributed by atoms with Gasteiger partial charge in [0.25, 0.3) is 0 Å². The van der Waals surface area contributed by atoms with Gasteiger partial charge in [-0.1, -0.05) is 6.07 Å². The Labute approximate surface area is 93.8 Å². The molecule has 0 atom stereocenters. The second kappa shape index (κ2) is 3.34. The summed E-state index contributed by atoms with van der Waals surface area (Å²) in [6, 6.07) is 4.05. The normalized spacial score (nSPS) is 10.6. The van der Waals surface area contributed by atoms with Crippen molar-refractivity contribution in [2.45, 2.75) is 0 Å². The largest absolute Gasteiger partial charge is 0.494 e. The van der Waals surface area contributed by atoms with Crippen LogP contribution < -0.4 is 10.5 Å². The summed E-state index contributed by atoms with van der Waals surface area (Å²) < 4.78 is 7.57. The molecule has 68 valence electrons. The molecule has 0 aliphatic heterocycles. The number of halogens is 1. The highest BCUT2D eigenvalue weighted by Gasteiger charge is 2.09. The molecule has 0 saturated carbocycles. The maximum Gasteiger partial charge on any atom is 0.150 e. The quantitative estimate of drug-likeness (QED) is 0.822. The van der Waals surface area contributed by atoms with Crippen molar-refractivity contribution in [3.63, 3.8) is 0 Å². The average Bonchev–Trinajstić information content (AvgIpc) is 2.48. The van der Waals surface area contributed by atoms with E-state index in [1.165, 1.54) is 0 Å². The summed E-state index contributed by atoms with van der Waals surface area (Å²) >= 11 is 3.88. The summed E-state index contributed by atoms with van der Waals surface area (Å²) in [5, 5.41) is 3.03. The zero-order chi connectivity index (χ0) is 9.42. The molecule has 1 aromatic heterocycles. The fourth-order valence-corrected chi connectivity index (χ4v) is 3.10. The van der Waals surface area contributed by atoms with E-state index in [9.17, 15) is 0 Å². The van der Waals surface area contributed by atoms with E-state index >= 15 is 0 Å². The number of ether oxygens (including phenoxy) is 1. The van der Waals surface area contributed by atoms with E-state index < -0.39 is 0 Å². The molecule has 2 nitrogen and oxygen atoms in total. The molecular formula is C9H8INOS. The Balaban J connectivity index is 2.85. The van der Waals surface area contributed by atoms with Crippen LogP contribution in [0.3, 0.4) is 0 Å². The summed E-state index contributed by atoms with van der Waals surface area (Å²) in [5.74, 6) is 0.930. The summed E-state index contributed by atoms with van der Waals surface area (Å²) in [6.07, 6.45) is 0. The third kappa shape index (κ3) is 1.38. The van der Waals surface area contributed by atoms with Crippen molar-refractivity contribution >= 4 is 49.7 Å². The molecule has 0 spiro atoms. The predicted molar refractivity (Wildman–Crippen MR) is 65.5 cm³/mol. The minimum Gasteiger partial charge on any atom is -0.494 e. The number of thiophene rings is 1. The van der Waals surface area contributed by atoms with Crippen molar-refractivity contribution < 1.29 is 4.74 Å². The molecule has 0 bridgehead atoms. The van der Waals surface area contributed by atoms with Gasteiger partial charge in [-0.25, -0.2) is 0 Å². The first-order chi connectivity index (χ1) is 6.24. The van der Waals surface area contributed by atoms with Crippen molar-refractivity contribution in [3.8, 4) is 5.75 Å². The first-order valence-electron chi connectivity index (χ1n) is 3.73. The molecule has 0 amide bonds. The van der Waals surface area contributed by atoms with Crippen molar-refractivity contribution in [2.24, 2.45) is 0 Å². The molecule has 1 heterocycles. The third-order valence-electron chi connectivity index (χ3n) is 1.88. The number of nitrogen functional groups attached to an aromatic ring is 1. The smallest absolute Gasteiger partial charge is 0.150 e. The number of hydrogen-bond donors (Lipinski definition) is 1. The lowest BCUT2D eigenvalue weighted by molar-refractivity contribution is 0.417. The molecule has 2 N–H and O–H groups in total. The van der Waals surface area contributed by atoms with Crippen LogP contribution in [0.5, 0.6) is 5.75 Å². The molecule has 0 aliphatic carbocycles. The van der Waals surface area contributed by atoms with Crippen molar-refractivity contribution in [2.75, 3.05) is 12.8 Å². The van der Waals surface area contributed by atoms with Gasteiger partial charge in [0.1, 0.15) is 5.75 Å². The molecule has 13 heavy (non-hydrogen) atoms. The minimum atomic E-state index is 0.828. The van der Waals surface area contributed by atoms with E-state index in [-0.39, 0.29) is 0 Å².